The quantitative estimate of drug-likeness (QED) is 0.344. The van der Waals surface area contributed by atoms with Crippen LogP contribution in [0.4, 0.5) is 0 Å². The Kier molecular flexibility index (Phi) is 2.64. The summed E-state index contributed by atoms with van der Waals surface area (Å²) in [5.41, 5.74) is 1.44. The number of aryl methyl sites for hydroxylation is 1. The summed E-state index contributed by atoms with van der Waals surface area (Å²) in [6, 6.07) is 17.6. The highest BCUT2D eigenvalue weighted by Gasteiger charge is 2.19. The molecule has 0 aliphatic heterocycles. The fraction of sp³-hybridized carbons (Fsp3) is 0.158. The number of fused-ring (bicyclic) bond motifs is 7. The largest absolute Gasteiger partial charge is 0.331 e. The number of hydrogen-bond acceptors (Lipinski definition) is 2. The molecule has 0 aliphatic carbocycles. The van der Waals surface area contributed by atoms with Crippen molar-refractivity contribution in [3.05, 3.63) is 48.5 Å². The summed E-state index contributed by atoms with van der Waals surface area (Å²) in [7, 11) is 0. The zero-order valence-corrected chi connectivity index (χ0v) is 13.9. The maximum atomic E-state index is 2.55. The van der Waals surface area contributed by atoms with E-state index in [4.69, 9.17) is 0 Å². The summed E-state index contributed by atoms with van der Waals surface area (Å²) in [6.07, 6.45) is 1.16. The summed E-state index contributed by atoms with van der Waals surface area (Å²) in [6.45, 7) is 3.35. The maximum absolute atomic E-state index is 2.55. The van der Waals surface area contributed by atoms with E-state index < -0.39 is 0 Å². The molecule has 1 nitrogen and oxygen atoms in total. The summed E-state index contributed by atoms with van der Waals surface area (Å²) in [4.78, 5) is 1.44. The van der Waals surface area contributed by atoms with Crippen molar-refractivity contribution in [2.75, 3.05) is 0 Å². The van der Waals surface area contributed by atoms with Gasteiger partial charge in [-0.1, -0.05) is 43.3 Å². The number of hydrogen-bond donors (Lipinski definition) is 0. The molecule has 0 radical (unpaired) electrons. The highest BCUT2D eigenvalue weighted by atomic mass is 32.1. The second kappa shape index (κ2) is 4.58. The number of benzene rings is 2. The van der Waals surface area contributed by atoms with E-state index in [9.17, 15) is 0 Å². The first kappa shape index (κ1) is 12.7. The van der Waals surface area contributed by atoms with E-state index in [2.05, 4.69) is 60.0 Å². The van der Waals surface area contributed by atoms with E-state index in [-0.39, 0.29) is 0 Å². The molecular formula is C19H15NS2. The molecular weight excluding hydrogens is 306 g/mol. The van der Waals surface area contributed by atoms with Gasteiger partial charge in [-0.15, -0.1) is 22.7 Å². The van der Waals surface area contributed by atoms with Crippen molar-refractivity contribution in [3.63, 3.8) is 0 Å². The second-order valence-electron chi connectivity index (χ2n) is 5.71. The second-order valence-corrected chi connectivity index (χ2v) is 7.79. The van der Waals surface area contributed by atoms with E-state index in [1.54, 1.807) is 0 Å². The van der Waals surface area contributed by atoms with E-state index >= 15 is 0 Å². The van der Waals surface area contributed by atoms with Gasteiger partial charge in [0.2, 0.25) is 0 Å². The third-order valence-electron chi connectivity index (χ3n) is 4.34. The van der Waals surface area contributed by atoms with Crippen LogP contribution in [0.25, 0.3) is 40.6 Å². The summed E-state index contributed by atoms with van der Waals surface area (Å²) < 4.78 is 6.81. The van der Waals surface area contributed by atoms with Crippen LogP contribution < -0.4 is 0 Å². The molecule has 0 fully saturated rings. The minimum absolute atomic E-state index is 1.09. The van der Waals surface area contributed by atoms with Crippen molar-refractivity contribution in [2.45, 2.75) is 19.9 Å². The number of rotatable bonds is 2. The lowest BCUT2D eigenvalue weighted by molar-refractivity contribution is 0.729. The highest BCUT2D eigenvalue weighted by Crippen LogP contribution is 2.46. The van der Waals surface area contributed by atoms with Gasteiger partial charge in [-0.25, -0.2) is 0 Å². The molecule has 5 aromatic rings. The van der Waals surface area contributed by atoms with E-state index in [1.807, 2.05) is 22.7 Å². The van der Waals surface area contributed by atoms with E-state index in [1.165, 1.54) is 40.6 Å². The summed E-state index contributed by atoms with van der Waals surface area (Å²) in [5.74, 6) is 0. The first-order valence-electron chi connectivity index (χ1n) is 7.69. The zero-order chi connectivity index (χ0) is 14.7. The van der Waals surface area contributed by atoms with Crippen molar-refractivity contribution in [1.82, 2.24) is 4.57 Å². The van der Waals surface area contributed by atoms with Crippen LogP contribution in [0.3, 0.4) is 0 Å². The normalized spacial score (nSPS) is 12.2. The predicted octanol–water partition coefficient (Wildman–Crippen LogP) is 6.63. The fourth-order valence-electron chi connectivity index (χ4n) is 3.45. The lowest BCUT2D eigenvalue weighted by atomic mass is 10.2. The van der Waals surface area contributed by atoms with Crippen molar-refractivity contribution >= 4 is 63.3 Å². The smallest absolute Gasteiger partial charge is 0.105 e. The molecule has 0 saturated heterocycles. The Labute approximate surface area is 136 Å². The Morgan fingerprint density at radius 2 is 1.55 bits per heavy atom. The molecule has 5 rings (SSSR count). The van der Waals surface area contributed by atoms with Gasteiger partial charge in [-0.05, 0) is 18.6 Å². The monoisotopic (exact) mass is 321 g/mol. The molecule has 3 heteroatoms. The number of aromatic nitrogens is 1. The minimum Gasteiger partial charge on any atom is -0.331 e. The van der Waals surface area contributed by atoms with E-state index in [0.29, 0.717) is 0 Å². The third kappa shape index (κ3) is 1.53. The molecule has 3 aromatic heterocycles. The Hall–Kier alpha value is -1.84. The lowest BCUT2D eigenvalue weighted by Gasteiger charge is -2.03. The fourth-order valence-corrected chi connectivity index (χ4v) is 6.02. The van der Waals surface area contributed by atoms with Gasteiger partial charge in [0, 0.05) is 32.1 Å². The van der Waals surface area contributed by atoms with Crippen LogP contribution in [-0.4, -0.2) is 4.57 Å². The predicted molar refractivity (Wildman–Crippen MR) is 101 cm³/mol. The van der Waals surface area contributed by atoms with Gasteiger partial charge in [-0.3, -0.25) is 0 Å². The minimum atomic E-state index is 1.09. The molecule has 22 heavy (non-hydrogen) atoms. The molecule has 0 aliphatic rings. The molecule has 0 bridgehead atoms. The van der Waals surface area contributed by atoms with Crippen LogP contribution in [0.1, 0.15) is 13.3 Å². The van der Waals surface area contributed by atoms with Crippen LogP contribution in [0.15, 0.2) is 48.5 Å². The SMILES string of the molecule is CCCn1c2sc3ccccc3c2c2sc3ccccc3c21. The average Bonchev–Trinajstić information content (AvgIpc) is 3.17. The van der Waals surface area contributed by atoms with E-state index in [0.717, 1.165) is 13.0 Å². The van der Waals surface area contributed by atoms with Crippen LogP contribution in [0.5, 0.6) is 0 Å². The van der Waals surface area contributed by atoms with Gasteiger partial charge >= 0.3 is 0 Å². The Morgan fingerprint density at radius 3 is 2.32 bits per heavy atom. The molecule has 3 heterocycles. The van der Waals surface area contributed by atoms with Crippen molar-refractivity contribution in [3.8, 4) is 0 Å². The van der Waals surface area contributed by atoms with Gasteiger partial charge in [0.15, 0.2) is 0 Å². The Bertz CT molecular complexity index is 1140. The molecule has 0 unspecified atom stereocenters. The zero-order valence-electron chi connectivity index (χ0n) is 12.3. The molecule has 0 amide bonds. The Morgan fingerprint density at radius 1 is 0.864 bits per heavy atom. The van der Waals surface area contributed by atoms with Gasteiger partial charge in [0.05, 0.1) is 10.2 Å². The molecule has 2 aromatic carbocycles. The first-order chi connectivity index (χ1) is 10.9. The molecule has 108 valence electrons. The Balaban J connectivity index is 2.09. The van der Waals surface area contributed by atoms with Crippen LogP contribution >= 0.6 is 22.7 Å². The van der Waals surface area contributed by atoms with Crippen LogP contribution in [0.2, 0.25) is 0 Å². The van der Waals surface area contributed by atoms with Crippen LogP contribution in [0, 0.1) is 0 Å². The van der Waals surface area contributed by atoms with Gasteiger partial charge in [0.1, 0.15) is 4.83 Å². The van der Waals surface area contributed by atoms with Gasteiger partial charge in [0.25, 0.3) is 0 Å². The van der Waals surface area contributed by atoms with Crippen molar-refractivity contribution < 1.29 is 0 Å². The lowest BCUT2D eigenvalue weighted by Crippen LogP contribution is -1.94. The van der Waals surface area contributed by atoms with Crippen LogP contribution in [-0.2, 0) is 6.54 Å². The maximum Gasteiger partial charge on any atom is 0.105 e. The summed E-state index contributed by atoms with van der Waals surface area (Å²) in [5, 5.41) is 4.28. The summed E-state index contributed by atoms with van der Waals surface area (Å²) >= 11 is 3.88. The molecule has 0 N–H and O–H groups in total. The number of thiophene rings is 2. The number of nitrogens with zero attached hydrogens (tertiary/aromatic N) is 1. The highest BCUT2D eigenvalue weighted by molar-refractivity contribution is 7.30. The third-order valence-corrected chi connectivity index (χ3v) is 6.71. The van der Waals surface area contributed by atoms with Gasteiger partial charge in [-0.2, -0.15) is 0 Å². The topological polar surface area (TPSA) is 4.93 Å². The molecule has 0 saturated carbocycles. The standard InChI is InChI=1S/C19H15NS2/c1-2-11-20-17-13-8-4-6-10-15(13)21-18(17)16-12-7-3-5-9-14(12)22-19(16)20/h3-10H,2,11H2,1H3. The average molecular weight is 321 g/mol. The van der Waals surface area contributed by atoms with Crippen molar-refractivity contribution in [2.24, 2.45) is 0 Å². The molecule has 0 spiro atoms. The van der Waals surface area contributed by atoms with Crippen molar-refractivity contribution in [1.29, 1.82) is 0 Å². The van der Waals surface area contributed by atoms with Gasteiger partial charge < -0.3 is 4.57 Å². The molecule has 0 atom stereocenters. The first-order valence-corrected chi connectivity index (χ1v) is 9.32.